The lowest BCUT2D eigenvalue weighted by atomic mass is 9.82. The summed E-state index contributed by atoms with van der Waals surface area (Å²) >= 11 is 0. The number of aryl methyl sites for hydroxylation is 1. The van der Waals surface area contributed by atoms with Crippen molar-refractivity contribution in [1.82, 2.24) is 9.55 Å². The molecule has 6 nitrogen and oxygen atoms in total. The van der Waals surface area contributed by atoms with Crippen molar-refractivity contribution >= 4 is 44.6 Å². The van der Waals surface area contributed by atoms with Crippen molar-refractivity contribution in [3.63, 3.8) is 0 Å². The van der Waals surface area contributed by atoms with Crippen molar-refractivity contribution in [2.24, 2.45) is 0 Å². The molecule has 15 rings (SSSR count). The standard InChI is InChI=1S/C60H48N4O2/c1-38-18-28-49-50-29-27-48-35-57(50)64(56(49)30-38)58-31-39(2)53(36-61-58)42-21-25-46(26-22-42)65-45-23-19-41(20-24-45)52-33-43(60(3,4)5)32-51(40-12-7-6-8-13-40)59(52)63-37-62(54-16-9-10-17-55(54)63)44-14-11-15-47(34-44)66-48/h6-36H,37H2,1-5H3/i1D3,2D3,18D,28D,30D. The molecule has 0 spiro atoms. The van der Waals surface area contributed by atoms with Crippen molar-refractivity contribution in [2.45, 2.75) is 39.9 Å². The van der Waals surface area contributed by atoms with Crippen LogP contribution < -0.4 is 19.3 Å². The van der Waals surface area contributed by atoms with Crippen LogP contribution >= 0.6 is 0 Å². The van der Waals surface area contributed by atoms with Crippen LogP contribution in [0.2, 0.25) is 0 Å². The van der Waals surface area contributed by atoms with Crippen molar-refractivity contribution < 1.29 is 21.8 Å². The third-order valence-electron chi connectivity index (χ3n) is 12.6. The van der Waals surface area contributed by atoms with Gasteiger partial charge >= 0.3 is 0 Å². The highest BCUT2D eigenvalue weighted by Crippen LogP contribution is 2.52. The molecule has 6 heteroatoms. The first-order valence-corrected chi connectivity index (χ1v) is 22.0. The molecule has 10 aromatic rings. The van der Waals surface area contributed by atoms with E-state index >= 15 is 0 Å². The van der Waals surface area contributed by atoms with Gasteiger partial charge in [0.15, 0.2) is 0 Å². The van der Waals surface area contributed by atoms with E-state index in [0.29, 0.717) is 51.7 Å². The summed E-state index contributed by atoms with van der Waals surface area (Å²) in [6, 6.07) is 51.6. The summed E-state index contributed by atoms with van der Waals surface area (Å²) in [5.41, 5.74) is 9.75. The number of aromatic nitrogens is 2. The topological polar surface area (TPSA) is 42.8 Å². The van der Waals surface area contributed by atoms with Crippen molar-refractivity contribution in [3.8, 4) is 62.2 Å². The van der Waals surface area contributed by atoms with E-state index in [4.69, 9.17) is 24.1 Å². The third-order valence-corrected chi connectivity index (χ3v) is 12.6. The first-order chi connectivity index (χ1) is 35.8. The Morgan fingerprint density at radius 2 is 1.21 bits per heavy atom. The number of pyridine rings is 1. The van der Waals surface area contributed by atoms with Crippen LogP contribution in [0.25, 0.3) is 61.0 Å². The van der Waals surface area contributed by atoms with Crippen LogP contribution in [0.15, 0.2) is 188 Å². The second kappa shape index (κ2) is 15.3. The number of nitrogens with zero attached hydrogens (tertiary/aromatic N) is 4. The molecule has 8 aromatic carbocycles. The van der Waals surface area contributed by atoms with Crippen molar-refractivity contribution in [1.29, 1.82) is 0 Å². The van der Waals surface area contributed by atoms with E-state index in [-0.39, 0.29) is 33.7 Å². The quantitative estimate of drug-likeness (QED) is 0.164. The number of hydrogen-bond donors (Lipinski definition) is 0. The molecule has 0 saturated carbocycles. The van der Waals surface area contributed by atoms with Gasteiger partial charge in [-0.2, -0.15) is 0 Å². The third kappa shape index (κ3) is 6.76. The minimum Gasteiger partial charge on any atom is -0.457 e. The van der Waals surface area contributed by atoms with Gasteiger partial charge in [-0.05, 0) is 137 Å². The highest BCUT2D eigenvalue weighted by Gasteiger charge is 2.33. The zero-order chi connectivity index (χ0) is 52.3. The van der Waals surface area contributed by atoms with Crippen LogP contribution in [0, 0.1) is 13.7 Å². The lowest BCUT2D eigenvalue weighted by Crippen LogP contribution is -2.25. The van der Waals surface area contributed by atoms with E-state index in [2.05, 4.69) is 97.3 Å². The van der Waals surface area contributed by atoms with Gasteiger partial charge in [-0.15, -0.1) is 0 Å². The molecule has 0 fully saturated rings. The van der Waals surface area contributed by atoms with Crippen LogP contribution in [0.4, 0.5) is 22.7 Å². The van der Waals surface area contributed by atoms with Gasteiger partial charge in [0, 0.05) is 59.7 Å². The van der Waals surface area contributed by atoms with Gasteiger partial charge in [-0.1, -0.05) is 106 Å². The average Bonchev–Trinajstić information content (AvgIpc) is 3.94. The van der Waals surface area contributed by atoms with Crippen LogP contribution in [-0.2, 0) is 5.41 Å². The zero-order valence-corrected chi connectivity index (χ0v) is 36.5. The van der Waals surface area contributed by atoms with Gasteiger partial charge in [-0.25, -0.2) is 4.98 Å². The summed E-state index contributed by atoms with van der Waals surface area (Å²) < 4.78 is 93.4. The Morgan fingerprint density at radius 1 is 0.561 bits per heavy atom. The molecule has 320 valence electrons. The van der Waals surface area contributed by atoms with Gasteiger partial charge in [-0.3, -0.25) is 4.57 Å². The number of rotatable bonds is 1. The van der Waals surface area contributed by atoms with Crippen LogP contribution in [-0.4, -0.2) is 16.2 Å². The minimum absolute atomic E-state index is 0.000384. The molecule has 0 unspecified atom stereocenters. The van der Waals surface area contributed by atoms with Gasteiger partial charge in [0.2, 0.25) is 0 Å². The maximum Gasteiger partial charge on any atom is 0.137 e. The molecule has 0 N–H and O–H groups in total. The van der Waals surface area contributed by atoms with Gasteiger partial charge in [0.25, 0.3) is 0 Å². The molecule has 0 aliphatic carbocycles. The maximum absolute atomic E-state index is 9.39. The first kappa shape index (κ1) is 30.9. The average molecular weight is 866 g/mol. The maximum atomic E-state index is 9.39. The fraction of sp³-hybridized carbons (Fsp3) is 0.117. The van der Waals surface area contributed by atoms with E-state index < -0.39 is 31.4 Å². The number of benzene rings is 8. The summed E-state index contributed by atoms with van der Waals surface area (Å²) in [6.45, 7) is 1.59. The lowest BCUT2D eigenvalue weighted by molar-refractivity contribution is 0.482. The molecule has 5 aliphatic rings. The number of ether oxygens (including phenoxy) is 2. The van der Waals surface area contributed by atoms with E-state index in [1.165, 1.54) is 22.4 Å². The Balaban J connectivity index is 1.10. The minimum atomic E-state index is -2.91. The monoisotopic (exact) mass is 865 g/mol. The Kier molecular flexibility index (Phi) is 7.15. The molecule has 2 aromatic heterocycles. The Bertz CT molecular complexity index is 3920. The second-order valence-electron chi connectivity index (χ2n) is 17.8. The Hall–Kier alpha value is -8.09. The molecule has 7 heterocycles. The predicted octanol–water partition coefficient (Wildman–Crippen LogP) is 16.2. The fourth-order valence-corrected chi connectivity index (χ4v) is 9.32. The Morgan fingerprint density at radius 3 is 1.92 bits per heavy atom. The van der Waals surface area contributed by atoms with Crippen LogP contribution in [0.5, 0.6) is 23.0 Å². The van der Waals surface area contributed by atoms with Crippen LogP contribution in [0.3, 0.4) is 0 Å². The normalized spacial score (nSPS) is 15.4. The van der Waals surface area contributed by atoms with Crippen molar-refractivity contribution in [3.05, 3.63) is 205 Å². The highest BCUT2D eigenvalue weighted by atomic mass is 16.5. The van der Waals surface area contributed by atoms with E-state index in [1.54, 1.807) is 42.5 Å². The summed E-state index contributed by atoms with van der Waals surface area (Å²) in [4.78, 5) is 9.46. The van der Waals surface area contributed by atoms with Gasteiger partial charge < -0.3 is 19.3 Å². The predicted molar refractivity (Wildman–Crippen MR) is 272 cm³/mol. The zero-order valence-electron chi connectivity index (χ0n) is 45.5. The number of fused-ring (bicyclic) bond motifs is 6. The number of hydrogen-bond acceptors (Lipinski definition) is 5. The summed E-state index contributed by atoms with van der Waals surface area (Å²) in [7, 11) is 0. The van der Waals surface area contributed by atoms with E-state index in [0.717, 1.165) is 45.0 Å². The highest BCUT2D eigenvalue weighted by molar-refractivity contribution is 6.10. The molecule has 5 aliphatic heterocycles. The van der Waals surface area contributed by atoms with Gasteiger partial charge in [0.05, 0.1) is 32.2 Å². The molecular formula is C60H48N4O2. The SMILES string of the molecule is [2H]c1c(C([2H])([2H])[2H])c([2H])c2c(c1[2H])c1ccc3cc1n2-c1cc(C([2H])([2H])[2H])c(cn1)-c1ccc(cc1)Oc1ccc(cc1)-c1cc(C(C)(C)C)cc(-c2ccccc2)c1N1CN(c2cccc(c2)O3)c2ccccc21. The largest absolute Gasteiger partial charge is 0.457 e. The first-order valence-electron chi connectivity index (χ1n) is 26.5. The molecule has 0 amide bonds. The van der Waals surface area contributed by atoms with E-state index in [9.17, 15) is 2.74 Å². The van der Waals surface area contributed by atoms with Crippen LogP contribution in [0.1, 0.15) is 49.8 Å². The Labute approximate surface area is 398 Å². The summed E-state index contributed by atoms with van der Waals surface area (Å²) in [5.74, 6) is 2.08. The van der Waals surface area contributed by atoms with Gasteiger partial charge in [0.1, 0.15) is 35.5 Å². The number of anilines is 4. The fourth-order valence-electron chi connectivity index (χ4n) is 9.32. The number of para-hydroxylation sites is 2. The molecule has 12 bridgehead atoms. The molecule has 0 saturated heterocycles. The van der Waals surface area contributed by atoms with E-state index in [1.807, 2.05) is 48.5 Å². The lowest BCUT2D eigenvalue weighted by Gasteiger charge is -2.30. The molecule has 0 atom stereocenters. The summed E-state index contributed by atoms with van der Waals surface area (Å²) in [6.07, 6.45) is 1.46. The smallest absolute Gasteiger partial charge is 0.137 e. The molecule has 0 radical (unpaired) electrons. The molecule has 66 heavy (non-hydrogen) atoms. The van der Waals surface area contributed by atoms with Crippen molar-refractivity contribution in [2.75, 3.05) is 16.5 Å². The second-order valence-corrected chi connectivity index (χ2v) is 17.8. The summed E-state index contributed by atoms with van der Waals surface area (Å²) in [5, 5.41) is 0.578. The molecular weight excluding hydrogens is 809 g/mol.